The second kappa shape index (κ2) is 7.83. The largest absolute Gasteiger partial charge is 0.462 e. The Morgan fingerprint density at radius 1 is 1.08 bits per heavy atom. The third-order valence-corrected chi connectivity index (χ3v) is 4.34. The Bertz CT molecular complexity index is 773. The smallest absolute Gasteiger partial charge is 0.340 e. The number of fused-ring (bicyclic) bond motifs is 1. The molecule has 1 amide bonds. The normalized spacial score (nSPS) is 13.1. The van der Waals surface area contributed by atoms with E-state index >= 15 is 0 Å². The van der Waals surface area contributed by atoms with Crippen LogP contribution in [0.25, 0.3) is 0 Å². The third kappa shape index (κ3) is 3.99. The molecule has 1 aliphatic heterocycles. The van der Waals surface area contributed by atoms with Crippen LogP contribution in [0.15, 0.2) is 48.5 Å². The number of rotatable bonds is 5. The van der Waals surface area contributed by atoms with E-state index in [0.717, 1.165) is 13.0 Å². The average molecular weight is 338 g/mol. The summed E-state index contributed by atoms with van der Waals surface area (Å²) in [5.41, 5.74) is 3.58. The summed E-state index contributed by atoms with van der Waals surface area (Å²) in [6.45, 7) is 3.59. The minimum absolute atomic E-state index is 0.0214. The standard InChI is InChI=1S/C20H22N2O3/c1-2-25-20(24)17-9-5-6-10-18(17)21-13-19(23)22-12-11-15-7-3-4-8-16(15)14-22/h3-10,21H,2,11-14H2,1H3. The Morgan fingerprint density at radius 3 is 2.60 bits per heavy atom. The Labute approximate surface area is 147 Å². The van der Waals surface area contributed by atoms with Crippen LogP contribution in [0.4, 0.5) is 5.69 Å². The first-order chi connectivity index (χ1) is 12.2. The van der Waals surface area contributed by atoms with Crippen LogP contribution in [0.2, 0.25) is 0 Å². The molecular weight excluding hydrogens is 316 g/mol. The number of esters is 1. The minimum Gasteiger partial charge on any atom is -0.462 e. The zero-order valence-corrected chi connectivity index (χ0v) is 14.3. The van der Waals surface area contributed by atoms with Crippen LogP contribution in [0.1, 0.15) is 28.4 Å². The Balaban J connectivity index is 1.63. The molecule has 2 aromatic rings. The number of benzene rings is 2. The zero-order chi connectivity index (χ0) is 17.6. The number of carbonyl (C=O) groups excluding carboxylic acids is 2. The molecule has 0 unspecified atom stereocenters. The van der Waals surface area contributed by atoms with Gasteiger partial charge in [0.1, 0.15) is 0 Å². The maximum absolute atomic E-state index is 12.5. The number of anilines is 1. The first-order valence-corrected chi connectivity index (χ1v) is 8.53. The van der Waals surface area contributed by atoms with Crippen LogP contribution in [0.5, 0.6) is 0 Å². The molecule has 1 N–H and O–H groups in total. The van der Waals surface area contributed by atoms with Gasteiger partial charge in [0.15, 0.2) is 0 Å². The fourth-order valence-electron chi connectivity index (χ4n) is 3.02. The number of nitrogens with one attached hydrogen (secondary N) is 1. The van der Waals surface area contributed by atoms with Gasteiger partial charge in [-0.05, 0) is 36.6 Å². The van der Waals surface area contributed by atoms with Crippen molar-refractivity contribution < 1.29 is 14.3 Å². The summed E-state index contributed by atoms with van der Waals surface area (Å²) in [6.07, 6.45) is 0.876. The highest BCUT2D eigenvalue weighted by Gasteiger charge is 2.20. The molecule has 3 rings (SSSR count). The predicted octanol–water partition coefficient (Wildman–Crippen LogP) is 2.86. The molecule has 2 aromatic carbocycles. The molecule has 130 valence electrons. The van der Waals surface area contributed by atoms with Gasteiger partial charge in [0.25, 0.3) is 0 Å². The summed E-state index contributed by atoms with van der Waals surface area (Å²) in [4.78, 5) is 26.4. The molecule has 0 radical (unpaired) electrons. The van der Waals surface area contributed by atoms with Crippen molar-refractivity contribution in [3.8, 4) is 0 Å². The van der Waals surface area contributed by atoms with E-state index in [1.54, 1.807) is 25.1 Å². The first kappa shape index (κ1) is 17.0. The Hall–Kier alpha value is -2.82. The van der Waals surface area contributed by atoms with E-state index in [1.807, 2.05) is 23.1 Å². The highest BCUT2D eigenvalue weighted by atomic mass is 16.5. The van der Waals surface area contributed by atoms with Gasteiger partial charge in [-0.2, -0.15) is 0 Å². The molecule has 25 heavy (non-hydrogen) atoms. The number of para-hydroxylation sites is 1. The van der Waals surface area contributed by atoms with Crippen LogP contribution in [-0.4, -0.2) is 36.5 Å². The molecule has 0 bridgehead atoms. The number of ether oxygens (including phenoxy) is 1. The molecule has 0 aromatic heterocycles. The Kier molecular flexibility index (Phi) is 5.33. The zero-order valence-electron chi connectivity index (χ0n) is 14.3. The number of carbonyl (C=O) groups is 2. The molecule has 1 heterocycles. The van der Waals surface area contributed by atoms with Gasteiger partial charge < -0.3 is 15.0 Å². The van der Waals surface area contributed by atoms with E-state index in [2.05, 4.69) is 17.4 Å². The van der Waals surface area contributed by atoms with E-state index in [0.29, 0.717) is 24.4 Å². The molecule has 0 saturated heterocycles. The molecule has 0 saturated carbocycles. The Morgan fingerprint density at radius 2 is 1.80 bits per heavy atom. The quantitative estimate of drug-likeness (QED) is 0.852. The molecule has 5 nitrogen and oxygen atoms in total. The van der Waals surface area contributed by atoms with Gasteiger partial charge in [-0.1, -0.05) is 36.4 Å². The minimum atomic E-state index is -0.384. The van der Waals surface area contributed by atoms with Gasteiger partial charge in [0.2, 0.25) is 5.91 Å². The van der Waals surface area contributed by atoms with Crippen molar-refractivity contribution in [3.63, 3.8) is 0 Å². The topological polar surface area (TPSA) is 58.6 Å². The molecule has 0 aliphatic carbocycles. The molecular formula is C20H22N2O3. The maximum atomic E-state index is 12.5. The van der Waals surface area contributed by atoms with Gasteiger partial charge >= 0.3 is 5.97 Å². The van der Waals surface area contributed by atoms with Crippen LogP contribution in [0, 0.1) is 0 Å². The van der Waals surface area contributed by atoms with Gasteiger partial charge in [0.05, 0.1) is 18.7 Å². The second-order valence-electron chi connectivity index (χ2n) is 5.95. The highest BCUT2D eigenvalue weighted by molar-refractivity contribution is 5.96. The van der Waals surface area contributed by atoms with Gasteiger partial charge in [-0.15, -0.1) is 0 Å². The first-order valence-electron chi connectivity index (χ1n) is 8.53. The lowest BCUT2D eigenvalue weighted by Crippen LogP contribution is -2.39. The van der Waals surface area contributed by atoms with E-state index in [-0.39, 0.29) is 18.4 Å². The third-order valence-electron chi connectivity index (χ3n) is 4.34. The van der Waals surface area contributed by atoms with Gasteiger partial charge in [-0.25, -0.2) is 4.79 Å². The van der Waals surface area contributed by atoms with Crippen LogP contribution < -0.4 is 5.32 Å². The molecule has 0 spiro atoms. The fourth-order valence-corrected chi connectivity index (χ4v) is 3.02. The molecule has 5 heteroatoms. The summed E-state index contributed by atoms with van der Waals surface area (Å²) in [6, 6.07) is 15.3. The molecule has 1 aliphatic rings. The van der Waals surface area contributed by atoms with Crippen molar-refractivity contribution in [1.82, 2.24) is 4.90 Å². The summed E-state index contributed by atoms with van der Waals surface area (Å²) >= 11 is 0. The van der Waals surface area contributed by atoms with Crippen LogP contribution >= 0.6 is 0 Å². The monoisotopic (exact) mass is 338 g/mol. The number of nitrogens with zero attached hydrogens (tertiary/aromatic N) is 1. The maximum Gasteiger partial charge on any atom is 0.340 e. The van der Waals surface area contributed by atoms with Crippen molar-refractivity contribution in [3.05, 3.63) is 65.2 Å². The lowest BCUT2D eigenvalue weighted by atomic mass is 10.00. The number of hydrogen-bond donors (Lipinski definition) is 1. The van der Waals surface area contributed by atoms with Crippen molar-refractivity contribution in [2.24, 2.45) is 0 Å². The molecule has 0 fully saturated rings. The summed E-state index contributed by atoms with van der Waals surface area (Å²) in [5, 5.41) is 3.08. The van der Waals surface area contributed by atoms with Crippen molar-refractivity contribution in [1.29, 1.82) is 0 Å². The van der Waals surface area contributed by atoms with Crippen molar-refractivity contribution in [2.75, 3.05) is 25.0 Å². The van der Waals surface area contributed by atoms with Crippen molar-refractivity contribution >= 4 is 17.6 Å². The summed E-state index contributed by atoms with van der Waals surface area (Å²) in [7, 11) is 0. The van der Waals surface area contributed by atoms with E-state index < -0.39 is 0 Å². The van der Waals surface area contributed by atoms with Gasteiger partial charge in [0, 0.05) is 18.8 Å². The fraction of sp³-hybridized carbons (Fsp3) is 0.300. The summed E-state index contributed by atoms with van der Waals surface area (Å²) < 4.78 is 5.06. The predicted molar refractivity (Wildman–Crippen MR) is 96.5 cm³/mol. The lowest BCUT2D eigenvalue weighted by Gasteiger charge is -2.29. The summed E-state index contributed by atoms with van der Waals surface area (Å²) in [5.74, 6) is -0.363. The lowest BCUT2D eigenvalue weighted by molar-refractivity contribution is -0.130. The average Bonchev–Trinajstić information content (AvgIpc) is 2.66. The van der Waals surface area contributed by atoms with Crippen LogP contribution in [0.3, 0.4) is 0 Å². The molecule has 0 atom stereocenters. The van der Waals surface area contributed by atoms with E-state index in [1.165, 1.54) is 11.1 Å². The number of hydrogen-bond acceptors (Lipinski definition) is 4. The van der Waals surface area contributed by atoms with Gasteiger partial charge in [-0.3, -0.25) is 4.79 Å². The van der Waals surface area contributed by atoms with Crippen LogP contribution in [-0.2, 0) is 22.5 Å². The van der Waals surface area contributed by atoms with E-state index in [9.17, 15) is 9.59 Å². The highest BCUT2D eigenvalue weighted by Crippen LogP contribution is 2.19. The second-order valence-corrected chi connectivity index (χ2v) is 5.95. The van der Waals surface area contributed by atoms with E-state index in [4.69, 9.17) is 4.74 Å². The van der Waals surface area contributed by atoms with Crippen molar-refractivity contribution in [2.45, 2.75) is 19.9 Å². The number of amides is 1. The SMILES string of the molecule is CCOC(=O)c1ccccc1NCC(=O)N1CCc2ccccc2C1.